The minimum Gasteiger partial charge on any atom is -0.490 e. The van der Waals surface area contributed by atoms with Crippen molar-refractivity contribution in [2.75, 3.05) is 45.9 Å². The maximum Gasteiger partial charge on any atom is 0.166 e. The predicted octanol–water partition coefficient (Wildman–Crippen LogP) is 3.30. The van der Waals surface area contributed by atoms with Crippen LogP contribution in [0.2, 0.25) is 0 Å². The normalized spacial score (nSPS) is 15.9. The molecule has 1 aliphatic heterocycles. The molecule has 1 N–H and O–H groups in total. The number of piperazine rings is 1. The van der Waals surface area contributed by atoms with Gasteiger partial charge < -0.3 is 14.7 Å². The number of ether oxygens (including phenoxy) is 1. The Morgan fingerprint density at radius 3 is 2.33 bits per heavy atom. The number of hydrogen-bond donors (Lipinski definition) is 1. The van der Waals surface area contributed by atoms with E-state index in [1.807, 2.05) is 48.5 Å². The first-order valence-corrected chi connectivity index (χ1v) is 10.6. The minimum absolute atomic E-state index is 0. The second kappa shape index (κ2) is 12.7. The highest BCUT2D eigenvalue weighted by atomic mass is 35.5. The van der Waals surface area contributed by atoms with Crippen LogP contribution in [-0.2, 0) is 6.42 Å². The number of carbonyl (C=O) groups is 1. The molecular formula is C24H33ClN2O3. The summed E-state index contributed by atoms with van der Waals surface area (Å²) in [6, 6.07) is 17.3. The first-order chi connectivity index (χ1) is 14.2. The Kier molecular flexibility index (Phi) is 10.3. The van der Waals surface area contributed by atoms with Gasteiger partial charge in [-0.15, -0.1) is 12.4 Å². The molecular weight excluding hydrogens is 400 g/mol. The SMILES string of the molecule is CCN1CCN(CC(O)COc2ccccc2C(=O)CCc2ccccc2)CC1.Cl. The Morgan fingerprint density at radius 2 is 1.63 bits per heavy atom. The number of aliphatic hydroxyl groups is 1. The van der Waals surface area contributed by atoms with E-state index in [4.69, 9.17) is 4.74 Å². The lowest BCUT2D eigenvalue weighted by Crippen LogP contribution is -2.49. The Morgan fingerprint density at radius 1 is 1.00 bits per heavy atom. The van der Waals surface area contributed by atoms with Crippen LogP contribution in [0.4, 0.5) is 0 Å². The van der Waals surface area contributed by atoms with Gasteiger partial charge in [-0.1, -0.05) is 49.4 Å². The number of halogens is 1. The minimum atomic E-state index is -0.573. The van der Waals surface area contributed by atoms with Crippen molar-refractivity contribution >= 4 is 18.2 Å². The van der Waals surface area contributed by atoms with E-state index >= 15 is 0 Å². The zero-order valence-corrected chi connectivity index (χ0v) is 18.5. The molecule has 1 aliphatic rings. The smallest absolute Gasteiger partial charge is 0.166 e. The van der Waals surface area contributed by atoms with Crippen molar-refractivity contribution in [3.8, 4) is 5.75 Å². The molecule has 0 spiro atoms. The van der Waals surface area contributed by atoms with Gasteiger partial charge in [-0.05, 0) is 30.7 Å². The quantitative estimate of drug-likeness (QED) is 0.584. The molecule has 30 heavy (non-hydrogen) atoms. The van der Waals surface area contributed by atoms with Gasteiger partial charge in [0.15, 0.2) is 5.78 Å². The van der Waals surface area contributed by atoms with E-state index in [-0.39, 0.29) is 24.8 Å². The number of carbonyl (C=O) groups excluding carboxylic acids is 1. The van der Waals surface area contributed by atoms with Crippen molar-refractivity contribution in [3.63, 3.8) is 0 Å². The van der Waals surface area contributed by atoms with Gasteiger partial charge in [0, 0.05) is 39.1 Å². The molecule has 1 atom stereocenters. The van der Waals surface area contributed by atoms with Crippen LogP contribution < -0.4 is 4.74 Å². The van der Waals surface area contributed by atoms with E-state index < -0.39 is 6.10 Å². The maximum atomic E-state index is 12.7. The van der Waals surface area contributed by atoms with Crippen molar-refractivity contribution in [1.82, 2.24) is 9.80 Å². The maximum absolute atomic E-state index is 12.7. The molecule has 1 unspecified atom stereocenters. The number of para-hydroxylation sites is 1. The number of β-amino-alcohol motifs (C(OH)–C–C–N with tert-alkyl or cyclic N) is 1. The van der Waals surface area contributed by atoms with E-state index in [1.165, 1.54) is 0 Å². The summed E-state index contributed by atoms with van der Waals surface area (Å²) >= 11 is 0. The van der Waals surface area contributed by atoms with Gasteiger partial charge in [0.1, 0.15) is 18.5 Å². The van der Waals surface area contributed by atoms with E-state index in [9.17, 15) is 9.90 Å². The summed E-state index contributed by atoms with van der Waals surface area (Å²) in [7, 11) is 0. The monoisotopic (exact) mass is 432 g/mol. The summed E-state index contributed by atoms with van der Waals surface area (Å²) in [5.41, 5.74) is 1.74. The Bertz CT molecular complexity index is 764. The number of aliphatic hydroxyl groups excluding tert-OH is 1. The summed E-state index contributed by atoms with van der Waals surface area (Å²) in [5, 5.41) is 10.4. The van der Waals surface area contributed by atoms with Gasteiger partial charge in [-0.25, -0.2) is 0 Å². The van der Waals surface area contributed by atoms with Crippen molar-refractivity contribution < 1.29 is 14.6 Å². The van der Waals surface area contributed by atoms with Gasteiger partial charge >= 0.3 is 0 Å². The fraction of sp³-hybridized carbons (Fsp3) is 0.458. The molecule has 0 amide bonds. The van der Waals surface area contributed by atoms with Crippen LogP contribution >= 0.6 is 12.4 Å². The highest BCUT2D eigenvalue weighted by molar-refractivity contribution is 5.98. The Labute approximate surface area is 186 Å². The predicted molar refractivity (Wildman–Crippen MR) is 123 cm³/mol. The first kappa shape index (κ1) is 24.4. The van der Waals surface area contributed by atoms with E-state index in [1.54, 1.807) is 6.07 Å². The second-order valence-electron chi connectivity index (χ2n) is 7.60. The number of rotatable bonds is 10. The number of likely N-dealkylation sites (N-methyl/N-ethyl adjacent to an activating group) is 1. The van der Waals surface area contributed by atoms with Crippen LogP contribution in [0.5, 0.6) is 5.75 Å². The first-order valence-electron chi connectivity index (χ1n) is 10.6. The average Bonchev–Trinajstić information content (AvgIpc) is 2.77. The molecule has 3 rings (SSSR count). The largest absolute Gasteiger partial charge is 0.490 e. The van der Waals surface area contributed by atoms with Crippen molar-refractivity contribution in [3.05, 3.63) is 65.7 Å². The highest BCUT2D eigenvalue weighted by Crippen LogP contribution is 2.21. The van der Waals surface area contributed by atoms with Gasteiger partial charge in [-0.3, -0.25) is 9.69 Å². The molecule has 5 nitrogen and oxygen atoms in total. The zero-order valence-electron chi connectivity index (χ0n) is 17.7. The van der Waals surface area contributed by atoms with Crippen molar-refractivity contribution in [2.24, 2.45) is 0 Å². The average molecular weight is 433 g/mol. The molecule has 0 radical (unpaired) electrons. The molecule has 0 bridgehead atoms. The standard InChI is InChI=1S/C24H32N2O3.ClH/c1-2-25-14-16-26(17-15-25)18-21(27)19-29-24-11-7-6-10-22(24)23(28)13-12-20-8-4-3-5-9-20;/h3-11,21,27H,2,12-19H2,1H3;1H. The fourth-order valence-corrected chi connectivity index (χ4v) is 3.68. The molecule has 1 saturated heterocycles. The number of benzene rings is 2. The van der Waals surface area contributed by atoms with E-state index in [2.05, 4.69) is 16.7 Å². The van der Waals surface area contributed by atoms with Crippen LogP contribution in [-0.4, -0.2) is 72.7 Å². The second-order valence-corrected chi connectivity index (χ2v) is 7.60. The summed E-state index contributed by atoms with van der Waals surface area (Å²) in [6.07, 6.45) is 0.574. The Hall–Kier alpha value is -1.92. The summed E-state index contributed by atoms with van der Waals surface area (Å²) < 4.78 is 5.85. The van der Waals surface area contributed by atoms with Gasteiger partial charge in [0.05, 0.1) is 5.56 Å². The van der Waals surface area contributed by atoms with Crippen molar-refractivity contribution in [2.45, 2.75) is 25.9 Å². The van der Waals surface area contributed by atoms with Crippen LogP contribution in [0.3, 0.4) is 0 Å². The molecule has 0 saturated carbocycles. The lowest BCUT2D eigenvalue weighted by molar-refractivity contribution is 0.0467. The summed E-state index contributed by atoms with van der Waals surface area (Å²) in [5.74, 6) is 0.620. The number of nitrogens with zero attached hydrogens (tertiary/aromatic N) is 2. The number of Topliss-reactive ketones (excluding diaryl/α,β-unsaturated/α-hetero) is 1. The van der Waals surface area contributed by atoms with Crippen LogP contribution in [0.1, 0.15) is 29.3 Å². The van der Waals surface area contributed by atoms with E-state index in [0.29, 0.717) is 30.7 Å². The highest BCUT2D eigenvalue weighted by Gasteiger charge is 2.19. The van der Waals surface area contributed by atoms with Crippen LogP contribution in [0.15, 0.2) is 54.6 Å². The molecule has 2 aromatic rings. The van der Waals surface area contributed by atoms with Gasteiger partial charge in [0.25, 0.3) is 0 Å². The zero-order chi connectivity index (χ0) is 20.5. The van der Waals surface area contributed by atoms with Crippen LogP contribution in [0, 0.1) is 0 Å². The third-order valence-corrected chi connectivity index (χ3v) is 5.48. The lowest BCUT2D eigenvalue weighted by atomic mass is 10.0. The topological polar surface area (TPSA) is 53.0 Å². The third kappa shape index (κ3) is 7.40. The number of hydrogen-bond acceptors (Lipinski definition) is 5. The molecule has 164 valence electrons. The van der Waals surface area contributed by atoms with Gasteiger partial charge in [-0.2, -0.15) is 0 Å². The van der Waals surface area contributed by atoms with E-state index in [0.717, 1.165) is 38.3 Å². The molecule has 1 fully saturated rings. The molecule has 0 aromatic heterocycles. The number of ketones is 1. The summed E-state index contributed by atoms with van der Waals surface area (Å²) in [4.78, 5) is 17.4. The Balaban J connectivity index is 0.00000320. The molecule has 2 aromatic carbocycles. The van der Waals surface area contributed by atoms with Crippen molar-refractivity contribution in [1.29, 1.82) is 0 Å². The molecule has 0 aliphatic carbocycles. The molecule has 1 heterocycles. The third-order valence-electron chi connectivity index (χ3n) is 5.48. The van der Waals surface area contributed by atoms with Crippen LogP contribution in [0.25, 0.3) is 0 Å². The number of aryl methyl sites for hydroxylation is 1. The summed E-state index contributed by atoms with van der Waals surface area (Å²) in [6.45, 7) is 8.08. The van der Waals surface area contributed by atoms with Gasteiger partial charge in [0.2, 0.25) is 0 Å². The molecule has 6 heteroatoms. The lowest BCUT2D eigenvalue weighted by Gasteiger charge is -2.34. The fourth-order valence-electron chi connectivity index (χ4n) is 3.68.